The lowest BCUT2D eigenvalue weighted by Crippen LogP contribution is -2.06. The van der Waals surface area contributed by atoms with Gasteiger partial charge in [-0.1, -0.05) is 26.0 Å². The largest absolute Gasteiger partial charge is 0.462 e. The van der Waals surface area contributed by atoms with E-state index in [-0.39, 0.29) is 11.9 Å². The fraction of sp³-hybridized carbons (Fsp3) is 0.263. The standard InChI is InChI=1S/C19H19F3N4O/c1-12(2)11-27-18-24-17(13-3-5-14(6-4-13)19(20,21)22)26(25-18)16-9-7-15(23)8-10-16/h3-10,12H,11,23H2,1-2H3. The molecule has 5 nitrogen and oxygen atoms in total. The summed E-state index contributed by atoms with van der Waals surface area (Å²) in [6, 6.07) is 11.9. The first kappa shape index (κ1) is 18.8. The Kier molecular flexibility index (Phi) is 5.07. The molecule has 2 aromatic carbocycles. The van der Waals surface area contributed by atoms with Gasteiger partial charge in [-0.3, -0.25) is 0 Å². The van der Waals surface area contributed by atoms with Crippen molar-refractivity contribution < 1.29 is 17.9 Å². The molecule has 0 atom stereocenters. The third-order valence-corrected chi connectivity index (χ3v) is 3.74. The number of ether oxygens (including phenoxy) is 1. The van der Waals surface area contributed by atoms with E-state index in [0.717, 1.165) is 12.1 Å². The highest BCUT2D eigenvalue weighted by atomic mass is 19.4. The van der Waals surface area contributed by atoms with Gasteiger partial charge in [0.05, 0.1) is 17.9 Å². The van der Waals surface area contributed by atoms with Crippen molar-refractivity contribution >= 4 is 5.69 Å². The highest BCUT2D eigenvalue weighted by Crippen LogP contribution is 2.31. The van der Waals surface area contributed by atoms with Crippen molar-refractivity contribution in [1.29, 1.82) is 0 Å². The number of hydrogen-bond acceptors (Lipinski definition) is 4. The third-order valence-electron chi connectivity index (χ3n) is 3.74. The molecule has 0 saturated carbocycles. The van der Waals surface area contributed by atoms with Gasteiger partial charge >= 0.3 is 12.2 Å². The lowest BCUT2D eigenvalue weighted by atomic mass is 10.1. The van der Waals surface area contributed by atoms with Crippen LogP contribution in [0.15, 0.2) is 48.5 Å². The number of aromatic nitrogens is 3. The van der Waals surface area contributed by atoms with Gasteiger partial charge in [0, 0.05) is 11.3 Å². The molecule has 1 heterocycles. The molecule has 3 rings (SSSR count). The van der Waals surface area contributed by atoms with Crippen LogP contribution in [0.3, 0.4) is 0 Å². The molecular formula is C19H19F3N4O. The molecule has 0 aliphatic carbocycles. The summed E-state index contributed by atoms with van der Waals surface area (Å²) in [6.07, 6.45) is -4.39. The summed E-state index contributed by atoms with van der Waals surface area (Å²) in [6.45, 7) is 4.42. The van der Waals surface area contributed by atoms with Gasteiger partial charge in [-0.05, 0) is 42.3 Å². The number of rotatable bonds is 5. The van der Waals surface area contributed by atoms with E-state index in [0.29, 0.717) is 29.4 Å². The van der Waals surface area contributed by atoms with Gasteiger partial charge in [-0.2, -0.15) is 18.2 Å². The number of halogens is 3. The Bertz CT molecular complexity index is 900. The number of anilines is 1. The minimum absolute atomic E-state index is 0.162. The minimum atomic E-state index is -4.39. The molecule has 0 amide bonds. The van der Waals surface area contributed by atoms with Crippen molar-refractivity contribution in [2.45, 2.75) is 20.0 Å². The van der Waals surface area contributed by atoms with E-state index < -0.39 is 11.7 Å². The summed E-state index contributed by atoms with van der Waals surface area (Å²) in [5.41, 5.74) is 6.75. The molecule has 0 fully saturated rings. The van der Waals surface area contributed by atoms with Gasteiger partial charge in [0.1, 0.15) is 0 Å². The van der Waals surface area contributed by atoms with Crippen LogP contribution in [0.5, 0.6) is 6.01 Å². The molecule has 1 aromatic heterocycles. The zero-order chi connectivity index (χ0) is 19.6. The summed E-state index contributed by atoms with van der Waals surface area (Å²) in [5, 5.41) is 4.35. The van der Waals surface area contributed by atoms with Crippen molar-refractivity contribution in [2.24, 2.45) is 5.92 Å². The highest BCUT2D eigenvalue weighted by Gasteiger charge is 2.30. The lowest BCUT2D eigenvalue weighted by Gasteiger charge is -2.08. The van der Waals surface area contributed by atoms with Crippen molar-refractivity contribution in [3.8, 4) is 23.1 Å². The predicted octanol–water partition coefficient (Wildman–Crippen LogP) is 4.57. The van der Waals surface area contributed by atoms with Crippen LogP contribution < -0.4 is 10.5 Å². The second-order valence-electron chi connectivity index (χ2n) is 6.50. The fourth-order valence-corrected chi connectivity index (χ4v) is 2.39. The first-order valence-corrected chi connectivity index (χ1v) is 8.37. The van der Waals surface area contributed by atoms with Crippen LogP contribution in [0.2, 0.25) is 0 Å². The average Bonchev–Trinajstić information content (AvgIpc) is 3.04. The monoisotopic (exact) mass is 376 g/mol. The van der Waals surface area contributed by atoms with E-state index in [4.69, 9.17) is 10.5 Å². The molecule has 142 valence electrons. The molecule has 0 unspecified atom stereocenters. The number of nitrogen functional groups attached to an aromatic ring is 1. The molecular weight excluding hydrogens is 357 g/mol. The number of benzene rings is 2. The SMILES string of the molecule is CC(C)COc1nc(-c2ccc(C(F)(F)F)cc2)n(-c2ccc(N)cc2)n1. The Balaban J connectivity index is 2.02. The quantitative estimate of drug-likeness (QED) is 0.663. The summed E-state index contributed by atoms with van der Waals surface area (Å²) < 4.78 is 45.6. The predicted molar refractivity (Wildman–Crippen MR) is 96.5 cm³/mol. The Morgan fingerprint density at radius 1 is 1.04 bits per heavy atom. The smallest absolute Gasteiger partial charge is 0.416 e. The second kappa shape index (κ2) is 7.30. The molecule has 8 heteroatoms. The number of nitrogens with zero attached hydrogens (tertiary/aromatic N) is 3. The number of hydrogen-bond donors (Lipinski definition) is 1. The van der Waals surface area contributed by atoms with Crippen molar-refractivity contribution in [3.63, 3.8) is 0 Å². The number of alkyl halides is 3. The van der Waals surface area contributed by atoms with E-state index in [1.165, 1.54) is 16.8 Å². The van der Waals surface area contributed by atoms with Crippen molar-refractivity contribution in [1.82, 2.24) is 14.8 Å². The summed E-state index contributed by atoms with van der Waals surface area (Å²) in [7, 11) is 0. The normalized spacial score (nSPS) is 11.8. The van der Waals surface area contributed by atoms with Gasteiger partial charge in [-0.15, -0.1) is 5.10 Å². The van der Waals surface area contributed by atoms with Crippen LogP contribution in [0.25, 0.3) is 17.1 Å². The minimum Gasteiger partial charge on any atom is -0.462 e. The molecule has 0 spiro atoms. The summed E-state index contributed by atoms with van der Waals surface area (Å²) in [4.78, 5) is 4.36. The lowest BCUT2D eigenvalue weighted by molar-refractivity contribution is -0.137. The summed E-state index contributed by atoms with van der Waals surface area (Å²) >= 11 is 0. The molecule has 0 bridgehead atoms. The van der Waals surface area contributed by atoms with Crippen LogP contribution in [-0.2, 0) is 6.18 Å². The van der Waals surface area contributed by atoms with Crippen LogP contribution in [-0.4, -0.2) is 21.4 Å². The molecule has 27 heavy (non-hydrogen) atoms. The van der Waals surface area contributed by atoms with Gasteiger partial charge in [0.2, 0.25) is 0 Å². The Hall–Kier alpha value is -3.03. The molecule has 0 radical (unpaired) electrons. The van der Waals surface area contributed by atoms with Gasteiger partial charge in [0.15, 0.2) is 5.82 Å². The van der Waals surface area contributed by atoms with Crippen LogP contribution in [0.1, 0.15) is 19.4 Å². The maximum absolute atomic E-state index is 12.8. The van der Waals surface area contributed by atoms with Crippen molar-refractivity contribution in [3.05, 3.63) is 54.1 Å². The first-order chi connectivity index (χ1) is 12.7. The zero-order valence-corrected chi connectivity index (χ0v) is 14.9. The van der Waals surface area contributed by atoms with E-state index >= 15 is 0 Å². The fourth-order valence-electron chi connectivity index (χ4n) is 2.39. The molecule has 3 aromatic rings. The summed E-state index contributed by atoms with van der Waals surface area (Å²) in [5.74, 6) is 0.662. The third kappa shape index (κ3) is 4.39. The highest BCUT2D eigenvalue weighted by molar-refractivity contribution is 5.59. The topological polar surface area (TPSA) is 66.0 Å². The van der Waals surface area contributed by atoms with Gasteiger partial charge in [-0.25, -0.2) is 4.68 Å². The Labute approximate surface area is 154 Å². The second-order valence-corrected chi connectivity index (χ2v) is 6.50. The van der Waals surface area contributed by atoms with Gasteiger partial charge in [0.25, 0.3) is 0 Å². The first-order valence-electron chi connectivity index (χ1n) is 8.37. The Morgan fingerprint density at radius 2 is 1.67 bits per heavy atom. The average molecular weight is 376 g/mol. The maximum atomic E-state index is 12.8. The van der Waals surface area contributed by atoms with Gasteiger partial charge < -0.3 is 10.5 Å². The van der Waals surface area contributed by atoms with E-state index in [2.05, 4.69) is 10.1 Å². The van der Waals surface area contributed by atoms with Crippen LogP contribution in [0.4, 0.5) is 18.9 Å². The van der Waals surface area contributed by atoms with E-state index in [1.54, 1.807) is 24.3 Å². The maximum Gasteiger partial charge on any atom is 0.416 e. The molecule has 0 aliphatic rings. The van der Waals surface area contributed by atoms with E-state index in [1.807, 2.05) is 13.8 Å². The van der Waals surface area contributed by atoms with Crippen LogP contribution in [0, 0.1) is 5.92 Å². The van der Waals surface area contributed by atoms with Crippen molar-refractivity contribution in [2.75, 3.05) is 12.3 Å². The molecule has 0 aliphatic heterocycles. The number of nitrogens with two attached hydrogens (primary N) is 1. The molecule has 2 N–H and O–H groups in total. The molecule has 0 saturated heterocycles. The Morgan fingerprint density at radius 3 is 2.22 bits per heavy atom. The van der Waals surface area contributed by atoms with Crippen LogP contribution >= 0.6 is 0 Å². The van der Waals surface area contributed by atoms with E-state index in [9.17, 15) is 13.2 Å². The zero-order valence-electron chi connectivity index (χ0n) is 14.9.